The van der Waals surface area contributed by atoms with Crippen LogP contribution < -0.4 is 5.32 Å². The molecule has 0 bridgehead atoms. The van der Waals surface area contributed by atoms with Crippen LogP contribution in [0.25, 0.3) is 0 Å². The average Bonchev–Trinajstić information content (AvgIpc) is 2.20. The van der Waals surface area contributed by atoms with Gasteiger partial charge < -0.3 is 10.4 Å². The lowest BCUT2D eigenvalue weighted by molar-refractivity contribution is -0.137. The normalized spacial score (nSPS) is 12.4. The monoisotopic (exact) mass is 261 g/mol. The Balaban J connectivity index is 2.73. The Kier molecular flexibility index (Phi) is 5.06. The first-order chi connectivity index (χ1) is 7.52. The van der Waals surface area contributed by atoms with Crippen molar-refractivity contribution in [1.29, 1.82) is 0 Å². The van der Waals surface area contributed by atoms with Gasteiger partial charge in [0, 0.05) is 16.1 Å². The van der Waals surface area contributed by atoms with Crippen molar-refractivity contribution >= 4 is 29.2 Å². The standard InChI is InChI=1S/C11H13Cl2NO2/c1-14-9(6-11(15)16)4-7-2-3-8(12)5-10(7)13/h2-3,5,9,14H,4,6H2,1H3,(H,15,16). The van der Waals surface area contributed by atoms with E-state index in [-0.39, 0.29) is 12.5 Å². The van der Waals surface area contributed by atoms with E-state index < -0.39 is 5.97 Å². The number of benzene rings is 1. The van der Waals surface area contributed by atoms with E-state index in [9.17, 15) is 4.79 Å². The topological polar surface area (TPSA) is 49.3 Å². The van der Waals surface area contributed by atoms with E-state index in [1.807, 2.05) is 6.07 Å². The number of rotatable bonds is 5. The predicted molar refractivity (Wildman–Crippen MR) is 65.3 cm³/mol. The number of hydrogen-bond donors (Lipinski definition) is 2. The predicted octanol–water partition coefficient (Wildman–Crippen LogP) is 2.60. The van der Waals surface area contributed by atoms with Crippen molar-refractivity contribution < 1.29 is 9.90 Å². The Morgan fingerprint density at radius 2 is 2.19 bits per heavy atom. The lowest BCUT2D eigenvalue weighted by Gasteiger charge is -2.14. The van der Waals surface area contributed by atoms with Crippen LogP contribution in [0.1, 0.15) is 12.0 Å². The van der Waals surface area contributed by atoms with Crippen LogP contribution in [0.2, 0.25) is 10.0 Å². The third kappa shape index (κ3) is 4.00. The smallest absolute Gasteiger partial charge is 0.304 e. The molecule has 2 N–H and O–H groups in total. The summed E-state index contributed by atoms with van der Waals surface area (Å²) in [6.07, 6.45) is 0.633. The summed E-state index contributed by atoms with van der Waals surface area (Å²) in [5.41, 5.74) is 0.895. The van der Waals surface area contributed by atoms with Gasteiger partial charge in [0.15, 0.2) is 0 Å². The first kappa shape index (κ1) is 13.3. The molecule has 0 saturated carbocycles. The highest BCUT2D eigenvalue weighted by Crippen LogP contribution is 2.22. The number of carbonyl (C=O) groups is 1. The van der Waals surface area contributed by atoms with Gasteiger partial charge in [0.1, 0.15) is 0 Å². The summed E-state index contributed by atoms with van der Waals surface area (Å²) in [7, 11) is 1.73. The molecule has 1 atom stereocenters. The maximum atomic E-state index is 10.6. The minimum atomic E-state index is -0.829. The van der Waals surface area contributed by atoms with Crippen LogP contribution in [0.5, 0.6) is 0 Å². The molecular weight excluding hydrogens is 249 g/mol. The zero-order valence-electron chi connectivity index (χ0n) is 8.84. The maximum Gasteiger partial charge on any atom is 0.304 e. The number of halogens is 2. The molecule has 0 aliphatic heterocycles. The molecule has 1 aromatic rings. The van der Waals surface area contributed by atoms with Crippen molar-refractivity contribution in [2.24, 2.45) is 0 Å². The Bertz CT molecular complexity index is 382. The Hall–Kier alpha value is -0.770. The SMILES string of the molecule is CNC(CC(=O)O)Cc1ccc(Cl)cc1Cl. The minimum absolute atomic E-state index is 0.0649. The van der Waals surface area contributed by atoms with Gasteiger partial charge in [0.05, 0.1) is 6.42 Å². The molecule has 0 heterocycles. The number of aliphatic carboxylic acids is 1. The summed E-state index contributed by atoms with van der Waals surface area (Å²) >= 11 is 11.8. The molecule has 0 fully saturated rings. The van der Waals surface area contributed by atoms with Gasteiger partial charge in [-0.2, -0.15) is 0 Å². The van der Waals surface area contributed by atoms with Crippen molar-refractivity contribution in [3.63, 3.8) is 0 Å². The number of hydrogen-bond acceptors (Lipinski definition) is 2. The summed E-state index contributed by atoms with van der Waals surface area (Å²) in [5.74, 6) is -0.829. The second-order valence-electron chi connectivity index (χ2n) is 3.52. The molecule has 0 saturated heterocycles. The molecule has 1 rings (SSSR count). The van der Waals surface area contributed by atoms with Gasteiger partial charge in [-0.3, -0.25) is 4.79 Å². The fourth-order valence-corrected chi connectivity index (χ4v) is 1.93. The minimum Gasteiger partial charge on any atom is -0.481 e. The van der Waals surface area contributed by atoms with Crippen LogP contribution in [-0.4, -0.2) is 24.2 Å². The fraction of sp³-hybridized carbons (Fsp3) is 0.364. The van der Waals surface area contributed by atoms with Gasteiger partial charge in [0.2, 0.25) is 0 Å². The van der Waals surface area contributed by atoms with Crippen molar-refractivity contribution in [3.05, 3.63) is 33.8 Å². The van der Waals surface area contributed by atoms with Crippen molar-refractivity contribution in [1.82, 2.24) is 5.32 Å². The first-order valence-corrected chi connectivity index (χ1v) is 5.61. The lowest BCUT2D eigenvalue weighted by Crippen LogP contribution is -2.30. The van der Waals surface area contributed by atoms with E-state index in [1.165, 1.54) is 0 Å². The highest BCUT2D eigenvalue weighted by Gasteiger charge is 2.13. The van der Waals surface area contributed by atoms with Crippen molar-refractivity contribution in [2.75, 3.05) is 7.05 Å². The summed E-state index contributed by atoms with van der Waals surface area (Å²) in [6.45, 7) is 0. The Morgan fingerprint density at radius 1 is 1.50 bits per heavy atom. The van der Waals surface area contributed by atoms with Crippen LogP contribution in [-0.2, 0) is 11.2 Å². The molecule has 0 aliphatic rings. The third-order valence-electron chi connectivity index (χ3n) is 2.31. The molecule has 0 aliphatic carbocycles. The molecule has 0 amide bonds. The van der Waals surface area contributed by atoms with E-state index >= 15 is 0 Å². The molecule has 1 unspecified atom stereocenters. The molecule has 1 aromatic carbocycles. The second kappa shape index (κ2) is 6.09. The van der Waals surface area contributed by atoms with Gasteiger partial charge in [-0.15, -0.1) is 0 Å². The average molecular weight is 262 g/mol. The van der Waals surface area contributed by atoms with Gasteiger partial charge in [-0.1, -0.05) is 29.3 Å². The molecular formula is C11H13Cl2NO2. The maximum absolute atomic E-state index is 10.6. The zero-order chi connectivity index (χ0) is 12.1. The van der Waals surface area contributed by atoms with Crippen molar-refractivity contribution in [2.45, 2.75) is 18.9 Å². The Labute approximate surface area is 104 Å². The van der Waals surface area contributed by atoms with Gasteiger partial charge in [-0.25, -0.2) is 0 Å². The van der Waals surface area contributed by atoms with Gasteiger partial charge in [0.25, 0.3) is 0 Å². The van der Waals surface area contributed by atoms with E-state index in [0.717, 1.165) is 5.56 Å². The van der Waals surface area contributed by atoms with Crippen molar-refractivity contribution in [3.8, 4) is 0 Å². The van der Waals surface area contributed by atoms with E-state index in [1.54, 1.807) is 19.2 Å². The number of carboxylic acids is 1. The summed E-state index contributed by atoms with van der Waals surface area (Å²) in [4.78, 5) is 10.6. The highest BCUT2D eigenvalue weighted by atomic mass is 35.5. The molecule has 16 heavy (non-hydrogen) atoms. The molecule has 0 aromatic heterocycles. The van der Waals surface area contributed by atoms with E-state index in [0.29, 0.717) is 16.5 Å². The molecule has 0 spiro atoms. The van der Waals surface area contributed by atoms with Crippen LogP contribution in [0, 0.1) is 0 Å². The van der Waals surface area contributed by atoms with Crippen LogP contribution in [0.3, 0.4) is 0 Å². The van der Waals surface area contributed by atoms with Crippen LogP contribution >= 0.6 is 23.2 Å². The highest BCUT2D eigenvalue weighted by molar-refractivity contribution is 6.35. The lowest BCUT2D eigenvalue weighted by atomic mass is 10.0. The number of carboxylic acid groups (broad SMARTS) is 1. The largest absolute Gasteiger partial charge is 0.481 e. The van der Waals surface area contributed by atoms with Crippen LogP contribution in [0.15, 0.2) is 18.2 Å². The first-order valence-electron chi connectivity index (χ1n) is 4.86. The Morgan fingerprint density at radius 3 is 2.69 bits per heavy atom. The molecule has 0 radical (unpaired) electrons. The molecule has 3 nitrogen and oxygen atoms in total. The summed E-state index contributed by atoms with van der Waals surface area (Å²) in [6, 6.07) is 5.09. The molecule has 88 valence electrons. The second-order valence-corrected chi connectivity index (χ2v) is 4.37. The van der Waals surface area contributed by atoms with E-state index in [2.05, 4.69) is 5.32 Å². The van der Waals surface area contributed by atoms with E-state index in [4.69, 9.17) is 28.3 Å². The quantitative estimate of drug-likeness (QED) is 0.857. The summed E-state index contributed by atoms with van der Waals surface area (Å²) in [5, 5.41) is 12.8. The third-order valence-corrected chi connectivity index (χ3v) is 2.90. The van der Waals surface area contributed by atoms with Gasteiger partial charge >= 0.3 is 5.97 Å². The van der Waals surface area contributed by atoms with Crippen LogP contribution in [0.4, 0.5) is 0 Å². The zero-order valence-corrected chi connectivity index (χ0v) is 10.3. The number of nitrogens with one attached hydrogen (secondary N) is 1. The summed E-state index contributed by atoms with van der Waals surface area (Å²) < 4.78 is 0. The molecule has 5 heteroatoms. The van der Waals surface area contributed by atoms with Gasteiger partial charge in [-0.05, 0) is 31.2 Å². The fourth-order valence-electron chi connectivity index (χ4n) is 1.44. The number of likely N-dealkylation sites (N-methyl/N-ethyl adjacent to an activating group) is 1.